The number of carboxylic acids is 1. The summed E-state index contributed by atoms with van der Waals surface area (Å²) in [7, 11) is 0. The van der Waals surface area contributed by atoms with Gasteiger partial charge in [-0.3, -0.25) is 9.78 Å². The van der Waals surface area contributed by atoms with E-state index < -0.39 is 23.8 Å². The highest BCUT2D eigenvalue weighted by molar-refractivity contribution is 5.71. The molecule has 2 aromatic carbocycles. The molecule has 1 N–H and O–H groups in total. The van der Waals surface area contributed by atoms with Crippen molar-refractivity contribution in [1.82, 2.24) is 9.88 Å². The number of halogens is 3. The molecule has 0 bridgehead atoms. The number of alkyl halides is 3. The van der Waals surface area contributed by atoms with Gasteiger partial charge in [0.25, 0.3) is 0 Å². The van der Waals surface area contributed by atoms with Gasteiger partial charge in [0.1, 0.15) is 17.6 Å². The van der Waals surface area contributed by atoms with Crippen LogP contribution in [0, 0.1) is 0 Å². The number of hydrogen-bond donors (Lipinski definition) is 1. The zero-order chi connectivity index (χ0) is 26.4. The molecule has 37 heavy (non-hydrogen) atoms. The quantitative estimate of drug-likeness (QED) is 0.457. The van der Waals surface area contributed by atoms with E-state index >= 15 is 0 Å². The van der Waals surface area contributed by atoms with Crippen molar-refractivity contribution in [2.75, 3.05) is 13.1 Å². The molecule has 7 nitrogen and oxygen atoms in total. The number of aromatic nitrogens is 1. The van der Waals surface area contributed by atoms with Crippen LogP contribution in [-0.4, -0.2) is 46.2 Å². The van der Waals surface area contributed by atoms with E-state index in [-0.39, 0.29) is 12.5 Å². The molecule has 0 saturated carbocycles. The molecule has 4 rings (SSSR count). The van der Waals surface area contributed by atoms with Crippen molar-refractivity contribution >= 4 is 12.1 Å². The maximum atomic E-state index is 12.7. The highest BCUT2D eigenvalue weighted by atomic mass is 19.4. The topological polar surface area (TPSA) is 89.0 Å². The van der Waals surface area contributed by atoms with Crippen molar-refractivity contribution in [3.8, 4) is 11.5 Å². The Bertz CT molecular complexity index is 1200. The number of aliphatic carboxylic acids is 1. The summed E-state index contributed by atoms with van der Waals surface area (Å²) in [6.07, 6.45) is -2.56. The Morgan fingerprint density at radius 2 is 1.54 bits per heavy atom. The molecule has 0 atom stereocenters. The molecule has 1 aliphatic heterocycles. The van der Waals surface area contributed by atoms with Crippen LogP contribution in [0.4, 0.5) is 18.0 Å². The average molecular weight is 515 g/mol. The number of nitrogens with zero attached hydrogens (tertiary/aromatic N) is 2. The van der Waals surface area contributed by atoms with Crippen LogP contribution in [0.3, 0.4) is 0 Å². The van der Waals surface area contributed by atoms with Crippen molar-refractivity contribution in [1.29, 1.82) is 0 Å². The van der Waals surface area contributed by atoms with Gasteiger partial charge in [0.2, 0.25) is 0 Å². The maximum absolute atomic E-state index is 12.7. The fraction of sp³-hybridized carbons (Fsp3) is 0.296. The second-order valence-electron chi connectivity index (χ2n) is 8.74. The van der Waals surface area contributed by atoms with Crippen LogP contribution in [0.2, 0.25) is 0 Å². The van der Waals surface area contributed by atoms with Gasteiger partial charge in [-0.05, 0) is 47.5 Å². The Labute approximate surface area is 211 Å². The molecule has 2 heterocycles. The van der Waals surface area contributed by atoms with Crippen molar-refractivity contribution in [3.05, 3.63) is 89.2 Å². The van der Waals surface area contributed by atoms with Gasteiger partial charge in [-0.15, -0.1) is 0 Å². The third-order valence-corrected chi connectivity index (χ3v) is 5.95. The van der Waals surface area contributed by atoms with E-state index in [1.54, 1.807) is 53.4 Å². The minimum Gasteiger partial charge on any atom is -0.490 e. The zero-order valence-corrected chi connectivity index (χ0v) is 19.8. The monoisotopic (exact) mass is 514 g/mol. The predicted octanol–water partition coefficient (Wildman–Crippen LogP) is 5.36. The van der Waals surface area contributed by atoms with Gasteiger partial charge in [-0.1, -0.05) is 24.3 Å². The molecule has 3 aromatic rings. The number of hydrogen-bond acceptors (Lipinski definition) is 5. The number of benzene rings is 2. The minimum atomic E-state index is -4.42. The molecule has 194 valence electrons. The van der Waals surface area contributed by atoms with Crippen LogP contribution in [0.25, 0.3) is 0 Å². The zero-order valence-electron chi connectivity index (χ0n) is 19.8. The van der Waals surface area contributed by atoms with Crippen LogP contribution in [0.15, 0.2) is 66.9 Å². The van der Waals surface area contributed by atoms with Gasteiger partial charge in [0, 0.05) is 44.2 Å². The first-order valence-corrected chi connectivity index (χ1v) is 11.7. The van der Waals surface area contributed by atoms with Gasteiger partial charge < -0.3 is 19.5 Å². The Morgan fingerprint density at radius 1 is 0.919 bits per heavy atom. The molecule has 1 saturated heterocycles. The third-order valence-electron chi connectivity index (χ3n) is 5.95. The number of carbonyl (C=O) groups is 2. The predicted molar refractivity (Wildman–Crippen MR) is 128 cm³/mol. The van der Waals surface area contributed by atoms with E-state index in [1.165, 1.54) is 6.07 Å². The first kappa shape index (κ1) is 26.0. The Kier molecular flexibility index (Phi) is 7.95. The van der Waals surface area contributed by atoms with Gasteiger partial charge >= 0.3 is 18.2 Å². The fourth-order valence-corrected chi connectivity index (χ4v) is 3.96. The molecule has 1 fully saturated rings. The van der Waals surface area contributed by atoms with E-state index in [1.807, 2.05) is 0 Å². The smallest absolute Gasteiger partial charge is 0.417 e. The summed E-state index contributed by atoms with van der Waals surface area (Å²) in [6.45, 7) is 0.941. The third kappa shape index (κ3) is 7.45. The number of pyridine rings is 1. The highest BCUT2D eigenvalue weighted by Gasteiger charge is 2.30. The molecule has 0 unspecified atom stereocenters. The van der Waals surface area contributed by atoms with Crippen molar-refractivity contribution in [2.24, 2.45) is 0 Å². The number of amides is 1. The minimum absolute atomic E-state index is 0.0418. The van der Waals surface area contributed by atoms with Crippen LogP contribution >= 0.6 is 0 Å². The molecule has 0 spiro atoms. The molecule has 1 aliphatic rings. The lowest BCUT2D eigenvalue weighted by atomic mass is 10.1. The number of rotatable bonds is 7. The number of ether oxygens (including phenoxy) is 2. The SMILES string of the molecule is O=C(O)Cc1ccc(OC2CCN(C(=O)Oc3ccc(Cc4ccc(C(F)(F)F)cn4)cc3)CC2)cc1. The Morgan fingerprint density at radius 3 is 2.11 bits per heavy atom. The molecule has 1 aromatic heterocycles. The Hall–Kier alpha value is -4.08. The molecule has 1 amide bonds. The van der Waals surface area contributed by atoms with Crippen molar-refractivity contribution in [2.45, 2.75) is 38.0 Å². The van der Waals surface area contributed by atoms with E-state index in [0.717, 1.165) is 17.8 Å². The second-order valence-corrected chi connectivity index (χ2v) is 8.74. The van der Waals surface area contributed by atoms with E-state index in [9.17, 15) is 22.8 Å². The highest BCUT2D eigenvalue weighted by Crippen LogP contribution is 2.28. The standard InChI is InChI=1S/C27H25F3N2O5/c28-27(29,30)20-5-6-21(31-17-20)15-18-1-9-23(10-2-18)37-26(35)32-13-11-24(12-14-32)36-22-7-3-19(4-8-22)16-25(33)34/h1-10,17,24H,11-16H2,(H,33,34). The first-order valence-electron chi connectivity index (χ1n) is 11.7. The number of likely N-dealkylation sites (tertiary alicyclic amines) is 1. The summed E-state index contributed by atoms with van der Waals surface area (Å²) in [5.41, 5.74) is 1.22. The van der Waals surface area contributed by atoms with Crippen LogP contribution in [-0.2, 0) is 23.8 Å². The molecule has 0 radical (unpaired) electrons. The van der Waals surface area contributed by atoms with Crippen LogP contribution < -0.4 is 9.47 Å². The lowest BCUT2D eigenvalue weighted by Gasteiger charge is -2.31. The molecular weight excluding hydrogens is 489 g/mol. The number of carboxylic acid groups (broad SMARTS) is 1. The average Bonchev–Trinajstić information content (AvgIpc) is 2.86. The fourth-order valence-electron chi connectivity index (χ4n) is 3.96. The largest absolute Gasteiger partial charge is 0.490 e. The van der Waals surface area contributed by atoms with Crippen molar-refractivity contribution in [3.63, 3.8) is 0 Å². The summed E-state index contributed by atoms with van der Waals surface area (Å²) < 4.78 is 49.5. The van der Waals surface area contributed by atoms with Gasteiger partial charge in [-0.25, -0.2) is 4.79 Å². The summed E-state index contributed by atoms with van der Waals surface area (Å²) in [4.78, 5) is 28.8. The summed E-state index contributed by atoms with van der Waals surface area (Å²) >= 11 is 0. The summed E-state index contributed by atoms with van der Waals surface area (Å²) in [5, 5.41) is 8.85. The number of carbonyl (C=O) groups excluding carboxylic acids is 1. The van der Waals surface area contributed by atoms with E-state index in [0.29, 0.717) is 55.1 Å². The van der Waals surface area contributed by atoms with Gasteiger partial charge in [0.05, 0.1) is 12.0 Å². The molecule has 10 heteroatoms. The van der Waals surface area contributed by atoms with Gasteiger partial charge in [0.15, 0.2) is 0 Å². The summed E-state index contributed by atoms with van der Waals surface area (Å²) in [6, 6.07) is 16.0. The van der Waals surface area contributed by atoms with Crippen molar-refractivity contribution < 1.29 is 37.3 Å². The van der Waals surface area contributed by atoms with E-state index in [2.05, 4.69) is 4.98 Å². The molecular formula is C27H25F3N2O5. The van der Waals surface area contributed by atoms with Crippen LogP contribution in [0.1, 0.15) is 35.2 Å². The lowest BCUT2D eigenvalue weighted by molar-refractivity contribution is -0.138. The number of piperidine rings is 1. The lowest BCUT2D eigenvalue weighted by Crippen LogP contribution is -2.43. The molecule has 0 aliphatic carbocycles. The second kappa shape index (κ2) is 11.3. The first-order chi connectivity index (χ1) is 17.7. The van der Waals surface area contributed by atoms with Gasteiger partial charge in [-0.2, -0.15) is 13.2 Å². The van der Waals surface area contributed by atoms with E-state index in [4.69, 9.17) is 14.6 Å². The normalized spacial score (nSPS) is 14.3. The Balaban J connectivity index is 1.22. The summed E-state index contributed by atoms with van der Waals surface area (Å²) in [5.74, 6) is 0.134. The maximum Gasteiger partial charge on any atom is 0.417 e. The van der Waals surface area contributed by atoms with Crippen LogP contribution in [0.5, 0.6) is 11.5 Å².